The zero-order valence-electron chi connectivity index (χ0n) is 14.1. The molecule has 1 aromatic rings. The van der Waals surface area contributed by atoms with E-state index in [4.69, 9.17) is 4.55 Å². The molecular weight excluding hydrogens is 394 g/mol. The first-order valence-corrected chi connectivity index (χ1v) is 9.37. The molecule has 2 heterocycles. The second-order valence-corrected chi connectivity index (χ2v) is 6.23. The summed E-state index contributed by atoms with van der Waals surface area (Å²) in [5, 5.41) is 9.10. The fourth-order valence-corrected chi connectivity index (χ4v) is 2.29. The van der Waals surface area contributed by atoms with Crippen LogP contribution in [-0.4, -0.2) is 57.8 Å². The predicted molar refractivity (Wildman–Crippen MR) is 90.8 cm³/mol. The van der Waals surface area contributed by atoms with Gasteiger partial charge < -0.3 is 4.90 Å². The third-order valence-electron chi connectivity index (χ3n) is 2.91. The third-order valence-corrected chi connectivity index (χ3v) is 3.50. The van der Waals surface area contributed by atoms with Gasteiger partial charge in [-0.25, -0.2) is 19.6 Å². The number of carbonyl (C=O) groups excluding carboxylic acids is 1. The Morgan fingerprint density at radius 1 is 1.58 bits per heavy atom. The van der Waals surface area contributed by atoms with Crippen LogP contribution in [0.25, 0.3) is 0 Å². The van der Waals surface area contributed by atoms with Crippen molar-refractivity contribution in [1.29, 1.82) is 0 Å². The van der Waals surface area contributed by atoms with Gasteiger partial charge in [-0.1, -0.05) is 0 Å². The van der Waals surface area contributed by atoms with Gasteiger partial charge in [-0.2, -0.15) is 17.8 Å². The van der Waals surface area contributed by atoms with E-state index in [0.717, 1.165) is 0 Å². The van der Waals surface area contributed by atoms with Crippen LogP contribution >= 0.6 is 0 Å². The van der Waals surface area contributed by atoms with Gasteiger partial charge in [0, 0.05) is 20.6 Å². The van der Waals surface area contributed by atoms with E-state index in [1.54, 1.807) is 14.0 Å². The summed E-state index contributed by atoms with van der Waals surface area (Å²) in [6.07, 6.45) is 2.52. The molecule has 1 atom stereocenters. The molecule has 2 amide bonds. The van der Waals surface area contributed by atoms with Crippen molar-refractivity contribution in [2.45, 2.75) is 13.5 Å². The van der Waals surface area contributed by atoms with E-state index in [2.05, 4.69) is 29.3 Å². The van der Waals surface area contributed by atoms with Crippen LogP contribution in [0.2, 0.25) is 0 Å². The summed E-state index contributed by atoms with van der Waals surface area (Å²) in [4.78, 5) is 16.7. The summed E-state index contributed by atoms with van der Waals surface area (Å²) in [6, 6.07) is -0.671. The number of amides is 2. The monoisotopic (exact) mass is 413 g/mol. The average molecular weight is 413 g/mol. The molecule has 0 saturated heterocycles. The number of nitrogens with zero attached hydrogens (tertiary/aromatic N) is 5. The highest BCUT2D eigenvalue weighted by atomic mass is 32.3. The van der Waals surface area contributed by atoms with E-state index in [1.807, 2.05) is 0 Å². The quantitative estimate of drug-likeness (QED) is 0.219. The summed E-state index contributed by atoms with van der Waals surface area (Å²) in [5.74, 6) is 0. The van der Waals surface area contributed by atoms with E-state index in [0.29, 0.717) is 23.8 Å². The van der Waals surface area contributed by atoms with Gasteiger partial charge in [-0.3, -0.25) is 14.2 Å². The minimum Gasteiger partial charge on any atom is -0.317 e. The molecule has 26 heavy (non-hydrogen) atoms. The van der Waals surface area contributed by atoms with E-state index < -0.39 is 27.7 Å². The number of aliphatic imine (C=N–C) groups is 1. The number of nitrogens with two attached hydrogens (primary N) is 1. The van der Waals surface area contributed by atoms with Gasteiger partial charge in [0.15, 0.2) is 0 Å². The largest absolute Gasteiger partial charge is 0.419 e. The molecule has 1 aliphatic heterocycles. The van der Waals surface area contributed by atoms with E-state index in [-0.39, 0.29) is 5.69 Å². The molecule has 0 saturated carbocycles. The SMILES string of the molecule is CCN1Cc2c(cnn2C)N(OS(=O)(=O)O)C1=O.CN=CNOS(N)=O. The molecule has 14 nitrogen and oxygen atoms in total. The number of hydrogen-bond acceptors (Lipinski definition) is 8. The van der Waals surface area contributed by atoms with Crippen LogP contribution in [0.5, 0.6) is 0 Å². The van der Waals surface area contributed by atoms with Crippen LogP contribution in [0.15, 0.2) is 11.2 Å². The second-order valence-electron chi connectivity index (χ2n) is 4.54. The molecule has 0 radical (unpaired) electrons. The number of aromatic nitrogens is 2. The Morgan fingerprint density at radius 2 is 2.23 bits per heavy atom. The fourth-order valence-electron chi connectivity index (χ4n) is 1.82. The van der Waals surface area contributed by atoms with Crippen LogP contribution in [0.3, 0.4) is 0 Å². The number of aryl methyl sites for hydroxylation is 1. The Kier molecular flexibility index (Phi) is 8.06. The molecule has 4 N–H and O–H groups in total. The first kappa shape index (κ1) is 21.9. The lowest BCUT2D eigenvalue weighted by atomic mass is 10.3. The van der Waals surface area contributed by atoms with Gasteiger partial charge in [-0.15, -0.1) is 9.35 Å². The molecular formula is C10H19N7O7S2. The highest BCUT2D eigenvalue weighted by Crippen LogP contribution is 2.28. The smallest absolute Gasteiger partial charge is 0.317 e. The van der Waals surface area contributed by atoms with Crippen molar-refractivity contribution in [2.75, 3.05) is 18.7 Å². The van der Waals surface area contributed by atoms with Crippen LogP contribution in [0.1, 0.15) is 12.6 Å². The first-order valence-electron chi connectivity index (χ1n) is 6.87. The first-order chi connectivity index (χ1) is 12.1. The van der Waals surface area contributed by atoms with Crippen molar-refractivity contribution in [3.8, 4) is 0 Å². The van der Waals surface area contributed by atoms with Gasteiger partial charge in [-0.05, 0) is 6.92 Å². The van der Waals surface area contributed by atoms with Crippen molar-refractivity contribution in [3.63, 3.8) is 0 Å². The molecule has 1 unspecified atom stereocenters. The fraction of sp³-hybridized carbons (Fsp3) is 0.500. The number of fused-ring (bicyclic) bond motifs is 1. The van der Waals surface area contributed by atoms with Crippen molar-refractivity contribution in [1.82, 2.24) is 20.2 Å². The Morgan fingerprint density at radius 3 is 2.73 bits per heavy atom. The molecule has 1 aliphatic rings. The lowest BCUT2D eigenvalue weighted by Gasteiger charge is -2.32. The number of hydroxylamine groups is 2. The summed E-state index contributed by atoms with van der Waals surface area (Å²) in [7, 11) is -1.58. The molecule has 0 aromatic carbocycles. The van der Waals surface area contributed by atoms with Crippen molar-refractivity contribution in [3.05, 3.63) is 11.9 Å². The molecule has 0 bridgehead atoms. The van der Waals surface area contributed by atoms with E-state index >= 15 is 0 Å². The zero-order valence-corrected chi connectivity index (χ0v) is 15.7. The van der Waals surface area contributed by atoms with Crippen molar-refractivity contribution >= 4 is 39.7 Å². The van der Waals surface area contributed by atoms with Gasteiger partial charge in [0.05, 0.1) is 18.4 Å². The predicted octanol–water partition coefficient (Wildman–Crippen LogP) is -1.38. The maximum Gasteiger partial charge on any atom is 0.419 e. The highest BCUT2D eigenvalue weighted by molar-refractivity contribution is 7.81. The topological polar surface area (TPSA) is 182 Å². The summed E-state index contributed by atoms with van der Waals surface area (Å²) in [5.41, 5.74) is 2.93. The highest BCUT2D eigenvalue weighted by Gasteiger charge is 2.35. The zero-order chi connectivity index (χ0) is 19.9. The van der Waals surface area contributed by atoms with Crippen LogP contribution in [-0.2, 0) is 43.8 Å². The standard InChI is InChI=1S/C8H12N4O5S.C2H7N3O2S/c1-3-11-5-7-6(4-9-10(7)2)12(8(11)13)17-18(14,15)16;1-4-2-5-7-8(3)6/h4H,3,5H2,1-2H3,(H,14,15,16);2H,3H2,1H3,(H,4,5). The van der Waals surface area contributed by atoms with Gasteiger partial charge in [0.25, 0.3) is 11.3 Å². The molecule has 2 rings (SSSR count). The Bertz CT molecular complexity index is 779. The van der Waals surface area contributed by atoms with Gasteiger partial charge in [0.1, 0.15) is 12.0 Å². The average Bonchev–Trinajstić information content (AvgIpc) is 2.90. The van der Waals surface area contributed by atoms with Crippen molar-refractivity contribution in [2.24, 2.45) is 17.2 Å². The number of nitrogens with one attached hydrogen (secondary N) is 1. The second kappa shape index (κ2) is 9.55. The molecule has 0 aliphatic carbocycles. The minimum atomic E-state index is -4.78. The summed E-state index contributed by atoms with van der Waals surface area (Å²) < 4.78 is 50.0. The maximum atomic E-state index is 11.9. The van der Waals surface area contributed by atoms with Gasteiger partial charge >= 0.3 is 16.4 Å². The number of hydrogen-bond donors (Lipinski definition) is 3. The number of rotatable bonds is 6. The molecule has 16 heteroatoms. The molecule has 1 aromatic heterocycles. The lowest BCUT2D eigenvalue weighted by Crippen LogP contribution is -2.47. The number of carbonyl (C=O) groups is 1. The van der Waals surface area contributed by atoms with Crippen LogP contribution in [0, 0.1) is 0 Å². The van der Waals surface area contributed by atoms with E-state index in [9.17, 15) is 17.4 Å². The molecule has 0 fully saturated rings. The van der Waals surface area contributed by atoms with Crippen LogP contribution in [0.4, 0.5) is 10.5 Å². The summed E-state index contributed by atoms with van der Waals surface area (Å²) >= 11 is -1.77. The Hall–Kier alpha value is -2.11. The number of urea groups is 1. The third kappa shape index (κ3) is 6.32. The number of anilines is 1. The lowest BCUT2D eigenvalue weighted by molar-refractivity contribution is 0.160. The molecule has 148 valence electrons. The summed E-state index contributed by atoms with van der Waals surface area (Å²) in [6.45, 7) is 2.41. The van der Waals surface area contributed by atoms with E-state index in [1.165, 1.54) is 29.2 Å². The Balaban J connectivity index is 0.000000359. The van der Waals surface area contributed by atoms with Crippen LogP contribution < -0.4 is 15.7 Å². The molecule has 0 spiro atoms. The minimum absolute atomic E-state index is 0.199. The Labute approximate surface area is 152 Å². The van der Waals surface area contributed by atoms with Crippen molar-refractivity contribution < 1.29 is 30.5 Å². The van der Waals surface area contributed by atoms with Gasteiger partial charge in [0.2, 0.25) is 0 Å². The normalized spacial score (nSPS) is 15.5. The maximum absolute atomic E-state index is 11.9.